The van der Waals surface area contributed by atoms with E-state index in [-0.39, 0.29) is 48.3 Å². The fourth-order valence-electron chi connectivity index (χ4n) is 3.12. The van der Waals surface area contributed by atoms with Crippen molar-refractivity contribution in [1.29, 1.82) is 0 Å². The van der Waals surface area contributed by atoms with Crippen LogP contribution in [0.1, 0.15) is 19.3 Å². The third-order valence-corrected chi connectivity index (χ3v) is 5.90. The number of nitrogens with two attached hydrogens (primary N) is 1. The van der Waals surface area contributed by atoms with Crippen molar-refractivity contribution in [3.63, 3.8) is 0 Å². The summed E-state index contributed by atoms with van der Waals surface area (Å²) in [5.41, 5.74) is 5.37. The van der Waals surface area contributed by atoms with Crippen molar-refractivity contribution < 1.29 is 9.59 Å². The van der Waals surface area contributed by atoms with Gasteiger partial charge in [0.25, 0.3) is 0 Å². The number of aliphatic imine (C=N–C) groups is 1. The Labute approximate surface area is 205 Å². The van der Waals surface area contributed by atoms with Crippen LogP contribution in [-0.4, -0.2) is 73.6 Å². The van der Waals surface area contributed by atoms with Crippen molar-refractivity contribution in [2.75, 3.05) is 46.0 Å². The number of hydrogen-bond donors (Lipinski definition) is 2. The number of amides is 2. The molecule has 1 saturated heterocycles. The fraction of sp³-hybridized carbons (Fsp3) is 0.550. The van der Waals surface area contributed by atoms with Crippen molar-refractivity contribution in [1.82, 2.24) is 15.1 Å². The summed E-state index contributed by atoms with van der Waals surface area (Å²) in [4.78, 5) is 32.6. The summed E-state index contributed by atoms with van der Waals surface area (Å²) >= 11 is 7.65. The van der Waals surface area contributed by atoms with Gasteiger partial charge in [-0.1, -0.05) is 11.6 Å². The molecule has 168 valence electrons. The Hall–Kier alpha value is -1.20. The Morgan fingerprint density at radius 3 is 2.67 bits per heavy atom. The minimum absolute atomic E-state index is 0. The van der Waals surface area contributed by atoms with E-state index in [4.69, 9.17) is 17.3 Å². The van der Waals surface area contributed by atoms with Crippen molar-refractivity contribution in [3.8, 4) is 0 Å². The van der Waals surface area contributed by atoms with E-state index in [0.717, 1.165) is 41.6 Å². The van der Waals surface area contributed by atoms with E-state index in [0.29, 0.717) is 18.9 Å². The Balaban J connectivity index is 0.00000450. The number of rotatable bonds is 8. The molecule has 0 aliphatic carbocycles. The number of carbonyl (C=O) groups is 2. The van der Waals surface area contributed by atoms with Crippen LogP contribution < -0.4 is 11.1 Å². The van der Waals surface area contributed by atoms with Gasteiger partial charge in [-0.2, -0.15) is 0 Å². The Morgan fingerprint density at radius 1 is 1.33 bits per heavy atom. The number of halogens is 2. The van der Waals surface area contributed by atoms with Crippen LogP contribution >= 0.6 is 47.3 Å². The molecule has 1 aromatic rings. The van der Waals surface area contributed by atoms with Crippen LogP contribution in [-0.2, 0) is 9.59 Å². The highest BCUT2D eigenvalue weighted by Gasteiger charge is 2.24. The lowest BCUT2D eigenvalue weighted by Crippen LogP contribution is -2.48. The zero-order valence-corrected chi connectivity index (χ0v) is 21.4. The molecule has 0 spiro atoms. The number of hydrogen-bond acceptors (Lipinski definition) is 4. The Kier molecular flexibility index (Phi) is 12.5. The molecular weight excluding hydrogens is 537 g/mol. The number of likely N-dealkylation sites (tertiary alicyclic amines) is 1. The smallest absolute Gasteiger partial charge is 0.243 e. The van der Waals surface area contributed by atoms with Crippen LogP contribution in [0.2, 0.25) is 5.02 Å². The van der Waals surface area contributed by atoms with E-state index in [9.17, 15) is 9.59 Å². The van der Waals surface area contributed by atoms with E-state index in [1.807, 2.05) is 24.3 Å². The molecule has 7 nitrogen and oxygen atoms in total. The quantitative estimate of drug-likeness (QED) is 0.166. The SMILES string of the molecule is CN(C)C(=O)CN=C(NCCSc1ccc(Cl)cc1)N1CCCC(CC(N)=O)C1.I. The van der Waals surface area contributed by atoms with Gasteiger partial charge < -0.3 is 20.9 Å². The number of benzene rings is 1. The number of nitrogens with zero attached hydrogens (tertiary/aromatic N) is 3. The van der Waals surface area contributed by atoms with Crippen LogP contribution in [0, 0.1) is 5.92 Å². The number of likely N-dealkylation sites (N-methyl/N-ethyl adjacent to an activating group) is 1. The molecule has 2 rings (SSSR count). The van der Waals surface area contributed by atoms with Gasteiger partial charge in [0.2, 0.25) is 11.8 Å². The summed E-state index contributed by atoms with van der Waals surface area (Å²) < 4.78 is 0. The van der Waals surface area contributed by atoms with Crippen molar-refractivity contribution in [2.45, 2.75) is 24.2 Å². The average molecular weight is 568 g/mol. The Bertz CT molecular complexity index is 718. The minimum atomic E-state index is -0.273. The highest BCUT2D eigenvalue weighted by atomic mass is 127. The molecule has 1 aromatic carbocycles. The predicted octanol–water partition coefficient (Wildman–Crippen LogP) is 2.67. The van der Waals surface area contributed by atoms with Crippen molar-refractivity contribution in [2.24, 2.45) is 16.6 Å². The minimum Gasteiger partial charge on any atom is -0.370 e. The molecule has 1 atom stereocenters. The third-order valence-electron chi connectivity index (χ3n) is 4.64. The number of carbonyl (C=O) groups excluding carboxylic acids is 2. The van der Waals surface area contributed by atoms with Crippen LogP contribution in [0.25, 0.3) is 0 Å². The first-order valence-corrected chi connectivity index (χ1v) is 11.1. The first-order valence-electron chi connectivity index (χ1n) is 9.75. The number of guanidine groups is 1. The maximum Gasteiger partial charge on any atom is 0.243 e. The number of thioether (sulfide) groups is 1. The van der Waals surface area contributed by atoms with Crippen LogP contribution in [0.15, 0.2) is 34.2 Å². The summed E-state index contributed by atoms with van der Waals surface area (Å²) in [6.45, 7) is 2.37. The van der Waals surface area contributed by atoms with E-state index < -0.39 is 0 Å². The summed E-state index contributed by atoms with van der Waals surface area (Å²) in [6, 6.07) is 7.75. The summed E-state index contributed by atoms with van der Waals surface area (Å²) in [7, 11) is 3.44. The second-order valence-corrected chi connectivity index (χ2v) is 8.89. The molecule has 10 heteroatoms. The maximum absolute atomic E-state index is 12.0. The number of piperidine rings is 1. The second-order valence-electron chi connectivity index (χ2n) is 7.28. The van der Waals surface area contributed by atoms with Gasteiger partial charge in [0.1, 0.15) is 6.54 Å². The van der Waals surface area contributed by atoms with Crippen molar-refractivity contribution in [3.05, 3.63) is 29.3 Å². The molecule has 1 aliphatic heterocycles. The van der Waals surface area contributed by atoms with E-state index in [2.05, 4.69) is 15.2 Å². The zero-order chi connectivity index (χ0) is 21.2. The van der Waals surface area contributed by atoms with Gasteiger partial charge in [0, 0.05) is 55.8 Å². The molecular formula is C20H31ClIN5O2S. The van der Waals surface area contributed by atoms with Gasteiger partial charge in [-0.3, -0.25) is 9.59 Å². The highest BCUT2D eigenvalue weighted by Crippen LogP contribution is 2.21. The number of primary amides is 1. The van der Waals surface area contributed by atoms with Crippen molar-refractivity contribution >= 4 is 65.1 Å². The van der Waals surface area contributed by atoms with Crippen LogP contribution in [0.3, 0.4) is 0 Å². The van der Waals surface area contributed by atoms with Gasteiger partial charge in [-0.25, -0.2) is 4.99 Å². The fourth-order valence-corrected chi connectivity index (χ4v) is 4.02. The first kappa shape index (κ1) is 26.8. The average Bonchev–Trinajstić information content (AvgIpc) is 2.68. The lowest BCUT2D eigenvalue weighted by Gasteiger charge is -2.34. The van der Waals surface area contributed by atoms with Gasteiger partial charge in [0.05, 0.1) is 0 Å². The normalized spacial score (nSPS) is 16.6. The molecule has 30 heavy (non-hydrogen) atoms. The third kappa shape index (κ3) is 9.74. The summed E-state index contributed by atoms with van der Waals surface area (Å²) in [5.74, 6) is 1.46. The predicted molar refractivity (Wildman–Crippen MR) is 135 cm³/mol. The van der Waals surface area contributed by atoms with Crippen LogP contribution in [0.4, 0.5) is 0 Å². The largest absolute Gasteiger partial charge is 0.370 e. The second kappa shape index (κ2) is 14.0. The number of nitrogens with one attached hydrogen (secondary N) is 1. The van der Waals surface area contributed by atoms with E-state index >= 15 is 0 Å². The monoisotopic (exact) mass is 567 g/mol. The zero-order valence-electron chi connectivity index (χ0n) is 17.5. The van der Waals surface area contributed by atoms with Crippen LogP contribution in [0.5, 0.6) is 0 Å². The molecule has 1 fully saturated rings. The molecule has 0 aromatic heterocycles. The topological polar surface area (TPSA) is 91.0 Å². The summed E-state index contributed by atoms with van der Waals surface area (Å²) in [6.07, 6.45) is 2.34. The molecule has 3 N–H and O–H groups in total. The van der Waals surface area contributed by atoms with Gasteiger partial charge in [-0.05, 0) is 43.0 Å². The molecule has 1 unspecified atom stereocenters. The van der Waals surface area contributed by atoms with Gasteiger partial charge in [0.15, 0.2) is 5.96 Å². The molecule has 0 saturated carbocycles. The molecule has 2 amide bonds. The van der Waals surface area contributed by atoms with Gasteiger partial charge in [-0.15, -0.1) is 35.7 Å². The highest BCUT2D eigenvalue weighted by molar-refractivity contribution is 14.0. The Morgan fingerprint density at radius 2 is 2.03 bits per heavy atom. The van der Waals surface area contributed by atoms with Gasteiger partial charge >= 0.3 is 0 Å². The standard InChI is InChI=1S/C20H30ClN5O2S.HI/c1-25(2)19(28)13-24-20(26-10-3-4-15(14-26)12-18(22)27)23-9-11-29-17-7-5-16(21)6-8-17;/h5-8,15H,3-4,9-14H2,1-2H3,(H2,22,27)(H,23,24);1H. The molecule has 0 radical (unpaired) electrons. The molecule has 1 aliphatic rings. The van der Waals surface area contributed by atoms with E-state index in [1.54, 1.807) is 25.9 Å². The molecule has 0 bridgehead atoms. The maximum atomic E-state index is 12.0. The summed E-state index contributed by atoms with van der Waals surface area (Å²) in [5, 5.41) is 4.11. The van der Waals surface area contributed by atoms with E-state index in [1.165, 1.54) is 4.90 Å². The lowest BCUT2D eigenvalue weighted by molar-refractivity contribution is -0.127. The molecule has 1 heterocycles. The first-order chi connectivity index (χ1) is 13.8. The lowest BCUT2D eigenvalue weighted by atomic mass is 9.95.